The Labute approximate surface area is 173 Å². The summed E-state index contributed by atoms with van der Waals surface area (Å²) in [5, 5.41) is 0. The zero-order valence-corrected chi connectivity index (χ0v) is 18.1. The third kappa shape index (κ3) is 4.35. The first kappa shape index (κ1) is 21.4. The largest absolute Gasteiger partial charge is 0.478 e. The Bertz CT molecular complexity index is 910. The summed E-state index contributed by atoms with van der Waals surface area (Å²) in [6.45, 7) is 8.75. The summed E-state index contributed by atoms with van der Waals surface area (Å²) >= 11 is 0. The lowest BCUT2D eigenvalue weighted by Gasteiger charge is -2.28. The SMILES string of the molecule is CCOc1ccc(-c2nc3c(cc2C)C[C@](CF)(COC)CC=C3C)c(CC)n1. The van der Waals surface area contributed by atoms with Gasteiger partial charge in [-0.05, 0) is 62.8 Å². The number of allylic oxidation sites excluding steroid dienone is 2. The van der Waals surface area contributed by atoms with Crippen molar-refractivity contribution in [3.8, 4) is 17.1 Å². The van der Waals surface area contributed by atoms with Gasteiger partial charge in [-0.15, -0.1) is 0 Å². The molecule has 0 bridgehead atoms. The third-order valence-corrected chi connectivity index (χ3v) is 5.64. The second-order valence-corrected chi connectivity index (χ2v) is 7.93. The van der Waals surface area contributed by atoms with Gasteiger partial charge in [-0.25, -0.2) is 9.97 Å². The first-order chi connectivity index (χ1) is 14.0. The van der Waals surface area contributed by atoms with E-state index in [0.29, 0.717) is 31.9 Å². The number of aromatic nitrogens is 2. The van der Waals surface area contributed by atoms with Gasteiger partial charge in [0, 0.05) is 24.2 Å². The van der Waals surface area contributed by atoms with Gasteiger partial charge in [0.1, 0.15) is 0 Å². The summed E-state index contributed by atoms with van der Waals surface area (Å²) < 4.78 is 24.9. The van der Waals surface area contributed by atoms with E-state index < -0.39 is 12.1 Å². The zero-order chi connectivity index (χ0) is 21.0. The molecule has 0 radical (unpaired) electrons. The van der Waals surface area contributed by atoms with Crippen LogP contribution in [0.5, 0.6) is 5.88 Å². The lowest BCUT2D eigenvalue weighted by atomic mass is 9.81. The average molecular weight is 399 g/mol. The predicted octanol–water partition coefficient (Wildman–Crippen LogP) is 5.36. The number of ether oxygens (including phenoxy) is 2. The molecule has 3 rings (SSSR count). The number of nitrogens with zero attached hydrogens (tertiary/aromatic N) is 2. The number of alkyl halides is 1. The number of halogens is 1. The number of pyridine rings is 2. The van der Waals surface area contributed by atoms with E-state index in [1.807, 2.05) is 19.1 Å². The van der Waals surface area contributed by atoms with Gasteiger partial charge >= 0.3 is 0 Å². The van der Waals surface area contributed by atoms with E-state index in [0.717, 1.165) is 45.8 Å². The second kappa shape index (κ2) is 9.04. The Morgan fingerprint density at radius 1 is 1.14 bits per heavy atom. The van der Waals surface area contributed by atoms with Crippen LogP contribution in [-0.4, -0.2) is 37.0 Å². The minimum absolute atomic E-state index is 0.399. The van der Waals surface area contributed by atoms with E-state index in [1.54, 1.807) is 7.11 Å². The predicted molar refractivity (Wildman–Crippen MR) is 115 cm³/mol. The lowest BCUT2D eigenvalue weighted by Crippen LogP contribution is -2.31. The fourth-order valence-corrected chi connectivity index (χ4v) is 4.11. The van der Waals surface area contributed by atoms with Crippen molar-refractivity contribution >= 4 is 5.57 Å². The van der Waals surface area contributed by atoms with Crippen molar-refractivity contribution in [3.63, 3.8) is 0 Å². The van der Waals surface area contributed by atoms with Crippen molar-refractivity contribution < 1.29 is 13.9 Å². The van der Waals surface area contributed by atoms with Gasteiger partial charge in [-0.2, -0.15) is 0 Å². The smallest absolute Gasteiger partial charge is 0.213 e. The molecule has 0 unspecified atom stereocenters. The van der Waals surface area contributed by atoms with Gasteiger partial charge in [-0.1, -0.05) is 19.1 Å². The van der Waals surface area contributed by atoms with E-state index in [9.17, 15) is 4.39 Å². The molecule has 0 amide bonds. The summed E-state index contributed by atoms with van der Waals surface area (Å²) in [6.07, 6.45) is 4.17. The molecular weight excluding hydrogens is 367 g/mol. The van der Waals surface area contributed by atoms with E-state index in [2.05, 4.69) is 37.9 Å². The molecule has 0 aliphatic heterocycles. The summed E-state index contributed by atoms with van der Waals surface area (Å²) in [6, 6.07) is 6.11. The zero-order valence-electron chi connectivity index (χ0n) is 18.1. The van der Waals surface area contributed by atoms with Crippen molar-refractivity contribution in [1.82, 2.24) is 9.97 Å². The number of hydrogen-bond acceptors (Lipinski definition) is 4. The maximum atomic E-state index is 14.0. The maximum Gasteiger partial charge on any atom is 0.213 e. The highest BCUT2D eigenvalue weighted by Crippen LogP contribution is 2.38. The normalized spacial score (nSPS) is 18.8. The van der Waals surface area contributed by atoms with Gasteiger partial charge in [0.2, 0.25) is 5.88 Å². The van der Waals surface area contributed by atoms with Crippen LogP contribution >= 0.6 is 0 Å². The van der Waals surface area contributed by atoms with Crippen molar-refractivity contribution in [2.75, 3.05) is 27.0 Å². The molecule has 1 atom stereocenters. The fourth-order valence-electron chi connectivity index (χ4n) is 4.11. The number of methoxy groups -OCH3 is 1. The van der Waals surface area contributed by atoms with Gasteiger partial charge < -0.3 is 9.47 Å². The monoisotopic (exact) mass is 398 g/mol. The van der Waals surface area contributed by atoms with E-state index in [4.69, 9.17) is 14.5 Å². The highest BCUT2D eigenvalue weighted by atomic mass is 19.1. The van der Waals surface area contributed by atoms with Crippen LogP contribution in [0.15, 0.2) is 24.3 Å². The minimum atomic E-state index is -0.522. The van der Waals surface area contributed by atoms with Crippen LogP contribution < -0.4 is 4.74 Å². The molecule has 1 aliphatic carbocycles. The fraction of sp³-hybridized carbons (Fsp3) is 0.500. The van der Waals surface area contributed by atoms with Crippen LogP contribution in [0.25, 0.3) is 16.8 Å². The molecule has 4 nitrogen and oxygen atoms in total. The Hall–Kier alpha value is -2.27. The molecule has 29 heavy (non-hydrogen) atoms. The van der Waals surface area contributed by atoms with Gasteiger partial charge in [-0.3, -0.25) is 4.39 Å². The second-order valence-electron chi connectivity index (χ2n) is 7.93. The Kier molecular flexibility index (Phi) is 6.68. The Balaban J connectivity index is 2.10. The van der Waals surface area contributed by atoms with Crippen LogP contribution in [0.4, 0.5) is 4.39 Å². The molecule has 0 fully saturated rings. The molecule has 1 aliphatic rings. The van der Waals surface area contributed by atoms with Crippen molar-refractivity contribution in [3.05, 3.63) is 46.8 Å². The standard InChI is InChI=1S/C24H31FN2O2/c1-6-20-19(8-9-21(26-20)29-7-2)23-17(4)12-18-13-24(14-25,15-28-5)11-10-16(3)22(18)27-23/h8-10,12H,6-7,11,13-15H2,1-5H3/t24-/m1/s1. The Morgan fingerprint density at radius 3 is 2.59 bits per heavy atom. The minimum Gasteiger partial charge on any atom is -0.478 e. The maximum absolute atomic E-state index is 14.0. The van der Waals surface area contributed by atoms with E-state index in [1.165, 1.54) is 0 Å². The van der Waals surface area contributed by atoms with Crippen LogP contribution in [-0.2, 0) is 17.6 Å². The summed E-state index contributed by atoms with van der Waals surface area (Å²) in [5.74, 6) is 0.642. The number of rotatable bonds is 7. The number of fused-ring (bicyclic) bond motifs is 1. The number of hydrogen-bond donors (Lipinski definition) is 0. The molecule has 0 saturated carbocycles. The van der Waals surface area contributed by atoms with Crippen molar-refractivity contribution in [2.45, 2.75) is 47.0 Å². The first-order valence-electron chi connectivity index (χ1n) is 10.3. The van der Waals surface area contributed by atoms with Gasteiger partial charge in [0.15, 0.2) is 0 Å². The molecule has 0 saturated heterocycles. The lowest BCUT2D eigenvalue weighted by molar-refractivity contribution is 0.0601. The average Bonchev–Trinajstić information content (AvgIpc) is 2.85. The van der Waals surface area contributed by atoms with Crippen LogP contribution in [0, 0.1) is 12.3 Å². The van der Waals surface area contributed by atoms with Gasteiger partial charge in [0.25, 0.3) is 0 Å². The summed E-state index contributed by atoms with van der Waals surface area (Å²) in [4.78, 5) is 9.72. The molecule has 0 aromatic carbocycles. The van der Waals surface area contributed by atoms with E-state index in [-0.39, 0.29) is 0 Å². The molecule has 156 valence electrons. The molecular formula is C24H31FN2O2. The molecule has 2 aromatic rings. The van der Waals surface area contributed by atoms with Crippen LogP contribution in [0.3, 0.4) is 0 Å². The molecule has 5 heteroatoms. The first-order valence-corrected chi connectivity index (χ1v) is 10.3. The Morgan fingerprint density at radius 2 is 1.93 bits per heavy atom. The van der Waals surface area contributed by atoms with Gasteiger partial charge in [0.05, 0.1) is 37.0 Å². The molecule has 2 heterocycles. The molecule has 0 N–H and O–H groups in total. The summed E-state index contributed by atoms with van der Waals surface area (Å²) in [5.41, 5.74) is 6.61. The quantitative estimate of drug-likeness (QED) is 0.629. The summed E-state index contributed by atoms with van der Waals surface area (Å²) in [7, 11) is 1.64. The van der Waals surface area contributed by atoms with Crippen molar-refractivity contribution in [1.29, 1.82) is 0 Å². The van der Waals surface area contributed by atoms with Crippen LogP contribution in [0.1, 0.15) is 49.7 Å². The number of aryl methyl sites for hydroxylation is 2. The van der Waals surface area contributed by atoms with Crippen LogP contribution in [0.2, 0.25) is 0 Å². The highest BCUT2D eigenvalue weighted by molar-refractivity contribution is 5.72. The van der Waals surface area contributed by atoms with E-state index >= 15 is 0 Å². The molecule has 2 aromatic heterocycles. The highest BCUT2D eigenvalue weighted by Gasteiger charge is 2.33. The van der Waals surface area contributed by atoms with Crippen molar-refractivity contribution in [2.24, 2.45) is 5.41 Å². The molecule has 0 spiro atoms. The third-order valence-electron chi connectivity index (χ3n) is 5.64. The topological polar surface area (TPSA) is 44.2 Å².